The van der Waals surface area contributed by atoms with Crippen molar-refractivity contribution in [1.29, 1.82) is 0 Å². The Morgan fingerprint density at radius 3 is 2.59 bits per heavy atom. The Kier molecular flexibility index (Phi) is 5.01. The highest BCUT2D eigenvalue weighted by Gasteiger charge is 2.17. The maximum absolute atomic E-state index is 12.5. The van der Waals surface area contributed by atoms with E-state index in [-0.39, 0.29) is 15.6 Å². The van der Waals surface area contributed by atoms with Gasteiger partial charge in [-0.25, -0.2) is 0 Å². The smallest absolute Gasteiger partial charge is 0.260 e. The average molecular weight is 436 g/mol. The Bertz CT molecular complexity index is 1140. The van der Waals surface area contributed by atoms with Gasteiger partial charge < -0.3 is 4.74 Å². The van der Waals surface area contributed by atoms with E-state index in [1.807, 2.05) is 24.3 Å². The maximum Gasteiger partial charge on any atom is 0.260 e. The van der Waals surface area contributed by atoms with E-state index in [9.17, 15) is 4.79 Å². The standard InChI is InChI=1S/C18H11Cl2N3O2S2/c1-25-10-5-6-13-9(7-10)8-14(26-13)17-22-23-18(27-17)21-16(24)15-11(19)3-2-4-12(15)20/h2-8H,1H3,(H,21,23,24). The summed E-state index contributed by atoms with van der Waals surface area (Å²) >= 11 is 15.0. The third kappa shape index (κ3) is 3.64. The molecule has 27 heavy (non-hydrogen) atoms. The minimum atomic E-state index is -0.422. The largest absolute Gasteiger partial charge is 0.497 e. The molecule has 0 atom stereocenters. The van der Waals surface area contributed by atoms with Gasteiger partial charge in [-0.15, -0.1) is 21.5 Å². The van der Waals surface area contributed by atoms with Gasteiger partial charge in [0.1, 0.15) is 5.75 Å². The molecule has 0 bridgehead atoms. The van der Waals surface area contributed by atoms with Crippen LogP contribution in [0, 0.1) is 0 Å². The number of anilines is 1. The van der Waals surface area contributed by atoms with E-state index in [0.717, 1.165) is 25.7 Å². The van der Waals surface area contributed by atoms with Gasteiger partial charge in [-0.2, -0.15) is 0 Å². The number of carbonyl (C=O) groups is 1. The van der Waals surface area contributed by atoms with Crippen molar-refractivity contribution in [3.8, 4) is 15.6 Å². The highest BCUT2D eigenvalue weighted by atomic mass is 35.5. The normalized spacial score (nSPS) is 10.9. The summed E-state index contributed by atoms with van der Waals surface area (Å²) in [6.45, 7) is 0. The van der Waals surface area contributed by atoms with Crippen LogP contribution in [0.3, 0.4) is 0 Å². The number of rotatable bonds is 4. The van der Waals surface area contributed by atoms with Crippen molar-refractivity contribution in [3.63, 3.8) is 0 Å². The van der Waals surface area contributed by atoms with Crippen molar-refractivity contribution in [3.05, 3.63) is 58.1 Å². The van der Waals surface area contributed by atoms with E-state index in [1.54, 1.807) is 36.6 Å². The first-order valence-corrected chi connectivity index (χ1v) is 10.1. The molecule has 9 heteroatoms. The summed E-state index contributed by atoms with van der Waals surface area (Å²) in [5.74, 6) is 0.378. The van der Waals surface area contributed by atoms with E-state index >= 15 is 0 Å². The van der Waals surface area contributed by atoms with E-state index in [1.165, 1.54) is 11.3 Å². The Morgan fingerprint density at radius 2 is 1.85 bits per heavy atom. The number of hydrogen-bond donors (Lipinski definition) is 1. The van der Waals surface area contributed by atoms with Crippen molar-refractivity contribution in [2.45, 2.75) is 0 Å². The molecular weight excluding hydrogens is 425 g/mol. The zero-order valence-corrected chi connectivity index (χ0v) is 17.0. The molecule has 4 rings (SSSR count). The topological polar surface area (TPSA) is 64.1 Å². The lowest BCUT2D eigenvalue weighted by atomic mass is 10.2. The number of aromatic nitrogens is 2. The summed E-state index contributed by atoms with van der Waals surface area (Å²) in [7, 11) is 1.64. The van der Waals surface area contributed by atoms with Crippen LogP contribution in [0.15, 0.2) is 42.5 Å². The molecule has 0 unspecified atom stereocenters. The first-order valence-electron chi connectivity index (χ1n) is 7.72. The number of nitrogens with one attached hydrogen (secondary N) is 1. The molecule has 2 heterocycles. The monoisotopic (exact) mass is 435 g/mol. The van der Waals surface area contributed by atoms with Crippen LogP contribution in [0.25, 0.3) is 20.0 Å². The van der Waals surface area contributed by atoms with Crippen molar-refractivity contribution in [2.75, 3.05) is 12.4 Å². The number of fused-ring (bicyclic) bond motifs is 1. The fraction of sp³-hybridized carbons (Fsp3) is 0.0556. The second-order valence-electron chi connectivity index (χ2n) is 5.48. The first-order chi connectivity index (χ1) is 13.0. The molecule has 4 aromatic rings. The van der Waals surface area contributed by atoms with E-state index in [0.29, 0.717) is 5.13 Å². The summed E-state index contributed by atoms with van der Waals surface area (Å²) in [4.78, 5) is 13.4. The molecule has 0 aliphatic heterocycles. The zero-order valence-electron chi connectivity index (χ0n) is 13.8. The first kappa shape index (κ1) is 18.2. The number of carbonyl (C=O) groups excluding carboxylic acids is 1. The Hall–Kier alpha value is -2.19. The molecule has 2 aromatic heterocycles. The maximum atomic E-state index is 12.5. The summed E-state index contributed by atoms with van der Waals surface area (Å²) in [6, 6.07) is 12.8. The zero-order chi connectivity index (χ0) is 19.0. The number of amides is 1. The van der Waals surface area contributed by atoms with Crippen molar-refractivity contribution >= 4 is 67.0 Å². The number of hydrogen-bond acceptors (Lipinski definition) is 6. The van der Waals surface area contributed by atoms with E-state index in [2.05, 4.69) is 15.5 Å². The van der Waals surface area contributed by atoms with Crippen LogP contribution < -0.4 is 10.1 Å². The lowest BCUT2D eigenvalue weighted by Crippen LogP contribution is -2.12. The molecule has 5 nitrogen and oxygen atoms in total. The van der Waals surface area contributed by atoms with Gasteiger partial charge in [-0.3, -0.25) is 10.1 Å². The lowest BCUT2D eigenvalue weighted by Gasteiger charge is -2.05. The van der Waals surface area contributed by atoms with Crippen molar-refractivity contribution in [1.82, 2.24) is 10.2 Å². The van der Waals surface area contributed by atoms with Crippen LogP contribution in [0.2, 0.25) is 10.0 Å². The number of methoxy groups -OCH3 is 1. The Labute approximate surface area is 172 Å². The van der Waals surface area contributed by atoms with Crippen LogP contribution in [0.4, 0.5) is 5.13 Å². The number of benzene rings is 2. The van der Waals surface area contributed by atoms with Crippen molar-refractivity contribution in [2.24, 2.45) is 0 Å². The highest BCUT2D eigenvalue weighted by molar-refractivity contribution is 7.26. The number of nitrogens with zero attached hydrogens (tertiary/aromatic N) is 2. The number of halogens is 2. The summed E-state index contributed by atoms with van der Waals surface area (Å²) in [5, 5.41) is 13.7. The van der Waals surface area contributed by atoms with Crippen LogP contribution in [0.1, 0.15) is 10.4 Å². The number of thiophene rings is 1. The molecule has 0 fully saturated rings. The van der Waals surface area contributed by atoms with Crippen LogP contribution in [-0.2, 0) is 0 Å². The van der Waals surface area contributed by atoms with Crippen LogP contribution in [0.5, 0.6) is 5.75 Å². The van der Waals surface area contributed by atoms with Crippen LogP contribution in [-0.4, -0.2) is 23.2 Å². The minimum Gasteiger partial charge on any atom is -0.497 e. The second kappa shape index (κ2) is 7.44. The number of ether oxygens (including phenoxy) is 1. The molecule has 1 N–H and O–H groups in total. The van der Waals surface area contributed by atoms with E-state index in [4.69, 9.17) is 27.9 Å². The molecule has 0 saturated heterocycles. The quantitative estimate of drug-likeness (QED) is 0.427. The van der Waals surface area contributed by atoms with Gasteiger partial charge in [0.15, 0.2) is 5.01 Å². The Balaban J connectivity index is 1.59. The highest BCUT2D eigenvalue weighted by Crippen LogP contribution is 2.37. The van der Waals surface area contributed by atoms with E-state index < -0.39 is 5.91 Å². The van der Waals surface area contributed by atoms with Gasteiger partial charge in [0, 0.05) is 4.70 Å². The predicted octanol–water partition coefficient (Wildman–Crippen LogP) is 5.99. The third-order valence-corrected chi connectivity index (χ3v) is 6.52. The minimum absolute atomic E-state index is 0.214. The molecule has 0 aliphatic carbocycles. The fourth-order valence-corrected chi connectivity index (χ4v) is 4.89. The molecule has 0 spiro atoms. The summed E-state index contributed by atoms with van der Waals surface area (Å²) in [5.41, 5.74) is 0.214. The molecular formula is C18H11Cl2N3O2S2. The summed E-state index contributed by atoms with van der Waals surface area (Å²) < 4.78 is 6.38. The van der Waals surface area contributed by atoms with Gasteiger partial charge in [-0.05, 0) is 41.8 Å². The Morgan fingerprint density at radius 1 is 1.07 bits per heavy atom. The average Bonchev–Trinajstić information content (AvgIpc) is 3.27. The summed E-state index contributed by atoms with van der Waals surface area (Å²) in [6.07, 6.45) is 0. The van der Waals surface area contributed by atoms with Gasteiger partial charge in [0.25, 0.3) is 5.91 Å². The molecule has 136 valence electrons. The molecule has 0 radical (unpaired) electrons. The molecule has 0 aliphatic rings. The van der Waals surface area contributed by atoms with Gasteiger partial charge >= 0.3 is 0 Å². The molecule has 0 saturated carbocycles. The molecule has 2 aromatic carbocycles. The predicted molar refractivity (Wildman–Crippen MR) is 112 cm³/mol. The fourth-order valence-electron chi connectivity index (χ4n) is 2.50. The van der Waals surface area contributed by atoms with Gasteiger partial charge in [0.05, 0.1) is 27.6 Å². The van der Waals surface area contributed by atoms with Gasteiger partial charge in [0.2, 0.25) is 5.13 Å². The second-order valence-corrected chi connectivity index (χ2v) is 8.35. The SMILES string of the molecule is COc1ccc2sc(-c3nnc(NC(=O)c4c(Cl)cccc4Cl)s3)cc2c1. The lowest BCUT2D eigenvalue weighted by molar-refractivity contribution is 0.102. The van der Waals surface area contributed by atoms with Gasteiger partial charge in [-0.1, -0.05) is 40.6 Å². The van der Waals surface area contributed by atoms with Crippen molar-refractivity contribution < 1.29 is 9.53 Å². The molecule has 1 amide bonds. The third-order valence-electron chi connectivity index (χ3n) is 3.77. The van der Waals surface area contributed by atoms with Crippen LogP contribution >= 0.6 is 45.9 Å².